The van der Waals surface area contributed by atoms with Crippen LogP contribution in [-0.4, -0.2) is 43.7 Å². The second-order valence-corrected chi connectivity index (χ2v) is 4.68. The molecule has 5 nitrogen and oxygen atoms in total. The Bertz CT molecular complexity index is 436. The number of Topliss-reactive ketones (excluding diaryl/α,β-unsaturated/α-hetero) is 1. The van der Waals surface area contributed by atoms with Gasteiger partial charge < -0.3 is 14.8 Å². The van der Waals surface area contributed by atoms with Gasteiger partial charge in [-0.2, -0.15) is 0 Å². The van der Waals surface area contributed by atoms with Crippen molar-refractivity contribution in [2.75, 3.05) is 26.9 Å². The molecule has 0 saturated carbocycles. The Morgan fingerprint density at radius 2 is 2.37 bits per heavy atom. The molecular formula is C14H20N2O3. The zero-order valence-corrected chi connectivity index (χ0v) is 11.4. The molecule has 0 aliphatic carbocycles. The Hall–Kier alpha value is -1.46. The maximum atomic E-state index is 12.5. The molecule has 1 fully saturated rings. The van der Waals surface area contributed by atoms with Crippen molar-refractivity contribution in [2.24, 2.45) is 5.92 Å². The van der Waals surface area contributed by atoms with E-state index in [2.05, 4.69) is 17.2 Å². The van der Waals surface area contributed by atoms with Crippen molar-refractivity contribution in [2.45, 2.75) is 19.4 Å². The predicted octanol–water partition coefficient (Wildman–Crippen LogP) is 1.29. The number of ketones is 1. The number of nitrogens with one attached hydrogen (secondary N) is 1. The van der Waals surface area contributed by atoms with E-state index in [4.69, 9.17) is 9.47 Å². The van der Waals surface area contributed by atoms with Crippen LogP contribution in [0.4, 0.5) is 0 Å². The summed E-state index contributed by atoms with van der Waals surface area (Å²) >= 11 is 0. The summed E-state index contributed by atoms with van der Waals surface area (Å²) in [7, 11) is 1.57. The van der Waals surface area contributed by atoms with Crippen LogP contribution in [0.15, 0.2) is 18.5 Å². The van der Waals surface area contributed by atoms with E-state index < -0.39 is 0 Å². The molecule has 1 saturated heterocycles. The molecule has 2 unspecified atom stereocenters. The minimum absolute atomic E-state index is 0.0671. The van der Waals surface area contributed by atoms with E-state index in [1.54, 1.807) is 25.6 Å². The summed E-state index contributed by atoms with van der Waals surface area (Å²) in [6, 6.07) is 1.82. The fraction of sp³-hybridized carbons (Fsp3) is 0.571. The standard InChI is InChI=1S/C14H20N2O3/c1-3-4-16-13-9-19-8-12(13)14(17)10-5-11(18-2)7-15-6-10/h5-7,12-13,16H,3-4,8-9H2,1-2H3. The lowest BCUT2D eigenvalue weighted by molar-refractivity contribution is 0.0890. The second kappa shape index (κ2) is 6.63. The van der Waals surface area contributed by atoms with Gasteiger partial charge in [-0.25, -0.2) is 0 Å². The Balaban J connectivity index is 2.09. The highest BCUT2D eigenvalue weighted by molar-refractivity contribution is 5.98. The maximum Gasteiger partial charge on any atom is 0.171 e. The van der Waals surface area contributed by atoms with Gasteiger partial charge in [-0.3, -0.25) is 9.78 Å². The SMILES string of the molecule is CCCNC1COCC1C(=O)c1cncc(OC)c1. The van der Waals surface area contributed by atoms with Crippen molar-refractivity contribution in [3.63, 3.8) is 0 Å². The summed E-state index contributed by atoms with van der Waals surface area (Å²) in [4.78, 5) is 16.5. The number of hydrogen-bond acceptors (Lipinski definition) is 5. The van der Waals surface area contributed by atoms with E-state index in [9.17, 15) is 4.79 Å². The van der Waals surface area contributed by atoms with E-state index in [1.807, 2.05) is 0 Å². The highest BCUT2D eigenvalue weighted by atomic mass is 16.5. The number of carbonyl (C=O) groups is 1. The Labute approximate surface area is 113 Å². The first-order valence-corrected chi connectivity index (χ1v) is 6.60. The molecule has 0 radical (unpaired) electrons. The highest BCUT2D eigenvalue weighted by Crippen LogP contribution is 2.21. The average molecular weight is 264 g/mol. The van der Waals surface area contributed by atoms with Gasteiger partial charge in [0.05, 0.1) is 32.4 Å². The van der Waals surface area contributed by atoms with Crippen molar-refractivity contribution < 1.29 is 14.3 Å². The molecule has 1 aliphatic rings. The summed E-state index contributed by atoms with van der Waals surface area (Å²) in [6.45, 7) is 4.06. The molecule has 0 aromatic carbocycles. The maximum absolute atomic E-state index is 12.5. The van der Waals surface area contributed by atoms with Crippen molar-refractivity contribution in [3.8, 4) is 5.75 Å². The summed E-state index contributed by atoms with van der Waals surface area (Å²) in [5.41, 5.74) is 0.582. The molecule has 1 aromatic rings. The summed E-state index contributed by atoms with van der Waals surface area (Å²) in [6.07, 6.45) is 4.22. The number of carbonyl (C=O) groups excluding carboxylic acids is 1. The fourth-order valence-corrected chi connectivity index (χ4v) is 2.22. The number of nitrogens with zero attached hydrogens (tertiary/aromatic N) is 1. The lowest BCUT2D eigenvalue weighted by Gasteiger charge is -2.17. The molecule has 0 amide bonds. The van der Waals surface area contributed by atoms with Crippen molar-refractivity contribution >= 4 is 5.78 Å². The first-order chi connectivity index (χ1) is 9.26. The molecular weight excluding hydrogens is 244 g/mol. The molecule has 2 rings (SSSR count). The molecule has 1 aliphatic heterocycles. The number of ether oxygens (including phenoxy) is 2. The van der Waals surface area contributed by atoms with Gasteiger partial charge in [0.15, 0.2) is 5.78 Å². The summed E-state index contributed by atoms with van der Waals surface area (Å²) < 4.78 is 10.5. The normalized spacial score (nSPS) is 22.4. The van der Waals surface area contributed by atoms with Gasteiger partial charge in [-0.1, -0.05) is 6.92 Å². The van der Waals surface area contributed by atoms with Crippen LogP contribution < -0.4 is 10.1 Å². The highest BCUT2D eigenvalue weighted by Gasteiger charge is 2.34. The Morgan fingerprint density at radius 3 is 3.11 bits per heavy atom. The van der Waals surface area contributed by atoms with Gasteiger partial charge in [0.2, 0.25) is 0 Å². The van der Waals surface area contributed by atoms with Crippen LogP contribution in [-0.2, 0) is 4.74 Å². The fourth-order valence-electron chi connectivity index (χ4n) is 2.22. The topological polar surface area (TPSA) is 60.5 Å². The number of rotatable bonds is 6. The molecule has 5 heteroatoms. The number of methoxy groups -OCH3 is 1. The van der Waals surface area contributed by atoms with Crippen molar-refractivity contribution in [1.29, 1.82) is 0 Å². The van der Waals surface area contributed by atoms with Gasteiger partial charge >= 0.3 is 0 Å². The molecule has 19 heavy (non-hydrogen) atoms. The molecule has 2 atom stereocenters. The van der Waals surface area contributed by atoms with Gasteiger partial charge in [0.1, 0.15) is 5.75 Å². The van der Waals surface area contributed by atoms with Gasteiger partial charge in [0, 0.05) is 17.8 Å². The lowest BCUT2D eigenvalue weighted by Crippen LogP contribution is -2.39. The first-order valence-electron chi connectivity index (χ1n) is 6.60. The third-order valence-corrected chi connectivity index (χ3v) is 3.31. The van der Waals surface area contributed by atoms with Crippen LogP contribution in [0.2, 0.25) is 0 Å². The molecule has 104 valence electrons. The van der Waals surface area contributed by atoms with E-state index in [1.165, 1.54) is 0 Å². The molecule has 1 aromatic heterocycles. The van der Waals surface area contributed by atoms with Crippen LogP contribution in [0.3, 0.4) is 0 Å². The quantitative estimate of drug-likeness (QED) is 0.784. The summed E-state index contributed by atoms with van der Waals surface area (Å²) in [5.74, 6) is 0.529. The van der Waals surface area contributed by atoms with Gasteiger partial charge in [-0.15, -0.1) is 0 Å². The van der Waals surface area contributed by atoms with Crippen LogP contribution in [0.25, 0.3) is 0 Å². The van der Waals surface area contributed by atoms with Gasteiger partial charge in [-0.05, 0) is 19.0 Å². The van der Waals surface area contributed by atoms with E-state index in [0.717, 1.165) is 13.0 Å². The van der Waals surface area contributed by atoms with Crippen molar-refractivity contribution in [1.82, 2.24) is 10.3 Å². The number of aromatic nitrogens is 1. The Kier molecular flexibility index (Phi) is 4.87. The smallest absolute Gasteiger partial charge is 0.171 e. The Morgan fingerprint density at radius 1 is 1.53 bits per heavy atom. The van der Waals surface area contributed by atoms with Crippen LogP contribution >= 0.6 is 0 Å². The zero-order valence-electron chi connectivity index (χ0n) is 11.4. The predicted molar refractivity (Wildman–Crippen MR) is 71.5 cm³/mol. The monoisotopic (exact) mass is 264 g/mol. The molecule has 1 N–H and O–H groups in total. The third kappa shape index (κ3) is 3.30. The molecule has 2 heterocycles. The molecule has 0 bridgehead atoms. The minimum Gasteiger partial charge on any atom is -0.495 e. The first kappa shape index (κ1) is 14.0. The second-order valence-electron chi connectivity index (χ2n) is 4.68. The number of pyridine rings is 1. The van der Waals surface area contributed by atoms with E-state index in [-0.39, 0.29) is 17.7 Å². The van der Waals surface area contributed by atoms with Gasteiger partial charge in [0.25, 0.3) is 0 Å². The van der Waals surface area contributed by atoms with Crippen molar-refractivity contribution in [3.05, 3.63) is 24.0 Å². The third-order valence-electron chi connectivity index (χ3n) is 3.31. The van der Waals surface area contributed by atoms with Crippen LogP contribution in [0.5, 0.6) is 5.75 Å². The molecule has 0 spiro atoms. The largest absolute Gasteiger partial charge is 0.495 e. The lowest BCUT2D eigenvalue weighted by atomic mass is 9.94. The van der Waals surface area contributed by atoms with E-state index in [0.29, 0.717) is 24.5 Å². The minimum atomic E-state index is -0.138. The van der Waals surface area contributed by atoms with Crippen LogP contribution in [0.1, 0.15) is 23.7 Å². The number of hydrogen-bond donors (Lipinski definition) is 1. The van der Waals surface area contributed by atoms with Crippen LogP contribution in [0, 0.1) is 5.92 Å². The zero-order chi connectivity index (χ0) is 13.7. The average Bonchev–Trinajstić information content (AvgIpc) is 2.92. The summed E-state index contributed by atoms with van der Waals surface area (Å²) in [5, 5.41) is 3.36. The van der Waals surface area contributed by atoms with E-state index >= 15 is 0 Å².